The van der Waals surface area contributed by atoms with Crippen LogP contribution in [-0.4, -0.2) is 46.9 Å². The van der Waals surface area contributed by atoms with Crippen LogP contribution in [0.3, 0.4) is 0 Å². The van der Waals surface area contributed by atoms with Crippen LogP contribution >= 0.6 is 11.3 Å². The summed E-state index contributed by atoms with van der Waals surface area (Å²) in [4.78, 5) is 32.2. The van der Waals surface area contributed by atoms with E-state index in [4.69, 9.17) is 0 Å². The maximum absolute atomic E-state index is 13.2. The van der Waals surface area contributed by atoms with Crippen molar-refractivity contribution in [2.75, 3.05) is 13.1 Å². The average molecular weight is 385 g/mol. The Hall–Kier alpha value is -1.99. The number of fused-ring (bicyclic) bond motifs is 5. The van der Waals surface area contributed by atoms with Crippen LogP contribution in [0, 0.1) is 11.8 Å². The first-order chi connectivity index (χ1) is 13.2. The summed E-state index contributed by atoms with van der Waals surface area (Å²) in [6, 6.07) is 5.88. The monoisotopic (exact) mass is 384 g/mol. The fraction of sp³-hybridized carbons (Fsp3) is 0.550. The van der Waals surface area contributed by atoms with Gasteiger partial charge in [0, 0.05) is 31.5 Å². The summed E-state index contributed by atoms with van der Waals surface area (Å²) in [6.07, 6.45) is 3.59. The van der Waals surface area contributed by atoms with Crippen LogP contribution in [-0.2, 0) is 16.1 Å². The lowest BCUT2D eigenvalue weighted by molar-refractivity contribution is -0.157. The first-order valence-electron chi connectivity index (χ1n) is 9.83. The lowest BCUT2D eigenvalue weighted by atomic mass is 9.72. The van der Waals surface area contributed by atoms with Gasteiger partial charge in [0.05, 0.1) is 15.7 Å². The highest BCUT2D eigenvalue weighted by Crippen LogP contribution is 2.39. The Morgan fingerprint density at radius 2 is 2.22 bits per heavy atom. The zero-order valence-electron chi connectivity index (χ0n) is 15.2. The second kappa shape index (κ2) is 6.87. The molecule has 3 aliphatic rings. The molecule has 27 heavy (non-hydrogen) atoms. The molecule has 0 aliphatic carbocycles. The molecule has 3 fully saturated rings. The van der Waals surface area contributed by atoms with Gasteiger partial charge in [0.25, 0.3) is 0 Å². The number of piperidine rings is 3. The van der Waals surface area contributed by atoms with Gasteiger partial charge in [-0.2, -0.15) is 0 Å². The number of amides is 2. The van der Waals surface area contributed by atoms with Gasteiger partial charge in [-0.1, -0.05) is 12.1 Å². The Balaban J connectivity index is 1.37. The number of nitrogens with one attached hydrogen (secondary N) is 2. The number of benzene rings is 1. The van der Waals surface area contributed by atoms with E-state index in [1.54, 1.807) is 11.3 Å². The minimum atomic E-state index is -0.340. The van der Waals surface area contributed by atoms with Crippen LogP contribution in [0.25, 0.3) is 10.2 Å². The minimum Gasteiger partial charge on any atom is -0.350 e. The third kappa shape index (κ3) is 2.93. The summed E-state index contributed by atoms with van der Waals surface area (Å²) in [5.74, 6) is 0.848. The predicted octanol–water partition coefficient (Wildman–Crippen LogP) is 1.90. The molecule has 4 atom stereocenters. The zero-order valence-corrected chi connectivity index (χ0v) is 16.0. The summed E-state index contributed by atoms with van der Waals surface area (Å²) in [5.41, 5.74) is 3.89. The molecule has 3 aliphatic heterocycles. The molecule has 2 N–H and O–H groups in total. The number of thiazole rings is 1. The topological polar surface area (TPSA) is 74.3 Å². The van der Waals surface area contributed by atoms with E-state index in [2.05, 4.69) is 15.6 Å². The molecule has 1 aromatic carbocycles. The van der Waals surface area contributed by atoms with E-state index in [9.17, 15) is 9.59 Å². The lowest BCUT2D eigenvalue weighted by Gasteiger charge is -2.53. The molecule has 5 rings (SSSR count). The van der Waals surface area contributed by atoms with E-state index in [1.807, 2.05) is 28.6 Å². The molecule has 7 heteroatoms. The lowest BCUT2D eigenvalue weighted by Crippen LogP contribution is -2.67. The van der Waals surface area contributed by atoms with E-state index in [0.29, 0.717) is 18.9 Å². The molecule has 2 amide bonds. The van der Waals surface area contributed by atoms with Gasteiger partial charge < -0.3 is 15.5 Å². The predicted molar refractivity (Wildman–Crippen MR) is 104 cm³/mol. The van der Waals surface area contributed by atoms with E-state index in [0.717, 1.165) is 48.1 Å². The van der Waals surface area contributed by atoms with Gasteiger partial charge in [-0.3, -0.25) is 9.59 Å². The summed E-state index contributed by atoms with van der Waals surface area (Å²) in [7, 11) is 0. The Labute approximate surface area is 162 Å². The summed E-state index contributed by atoms with van der Waals surface area (Å²) in [6.45, 7) is 2.26. The minimum absolute atomic E-state index is 0.0103. The molecule has 6 nitrogen and oxygen atoms in total. The largest absolute Gasteiger partial charge is 0.350 e. The van der Waals surface area contributed by atoms with E-state index in [-0.39, 0.29) is 29.8 Å². The third-order valence-electron chi connectivity index (χ3n) is 6.40. The van der Waals surface area contributed by atoms with Crippen molar-refractivity contribution in [1.82, 2.24) is 20.5 Å². The third-order valence-corrected chi connectivity index (χ3v) is 7.32. The first-order valence-corrected chi connectivity index (χ1v) is 10.7. The van der Waals surface area contributed by atoms with Crippen molar-refractivity contribution >= 4 is 33.4 Å². The van der Waals surface area contributed by atoms with Crippen LogP contribution in [0.4, 0.5) is 0 Å². The van der Waals surface area contributed by atoms with Gasteiger partial charge >= 0.3 is 0 Å². The molecule has 1 aromatic heterocycles. The van der Waals surface area contributed by atoms with Crippen LogP contribution in [0.1, 0.15) is 31.2 Å². The van der Waals surface area contributed by atoms with Gasteiger partial charge in [-0.15, -0.1) is 11.3 Å². The number of rotatable bonds is 3. The molecule has 0 unspecified atom stereocenters. The van der Waals surface area contributed by atoms with Crippen LogP contribution < -0.4 is 10.6 Å². The summed E-state index contributed by atoms with van der Waals surface area (Å²) >= 11 is 1.60. The fourth-order valence-corrected chi connectivity index (χ4v) is 6.03. The second-order valence-corrected chi connectivity index (χ2v) is 8.81. The Morgan fingerprint density at radius 3 is 3.15 bits per heavy atom. The van der Waals surface area contributed by atoms with E-state index < -0.39 is 0 Å². The number of nitrogens with zero attached hydrogens (tertiary/aromatic N) is 2. The van der Waals surface area contributed by atoms with Crippen molar-refractivity contribution in [3.05, 3.63) is 29.3 Å². The van der Waals surface area contributed by atoms with E-state index in [1.165, 1.54) is 0 Å². The molecule has 0 spiro atoms. The van der Waals surface area contributed by atoms with Crippen LogP contribution in [0.5, 0.6) is 0 Å². The molecule has 2 aromatic rings. The Kier molecular flexibility index (Phi) is 4.36. The number of hydrogen-bond acceptors (Lipinski definition) is 5. The van der Waals surface area contributed by atoms with Gasteiger partial charge in [0.1, 0.15) is 6.04 Å². The highest BCUT2D eigenvalue weighted by atomic mass is 32.1. The maximum atomic E-state index is 13.2. The number of carbonyl (C=O) groups excluding carboxylic acids is 2. The Bertz CT molecular complexity index is 882. The number of aromatic nitrogens is 1. The molecule has 0 saturated carbocycles. The molecular formula is C20H24N4O2S. The summed E-state index contributed by atoms with van der Waals surface area (Å²) < 4.78 is 1.12. The molecular weight excluding hydrogens is 360 g/mol. The van der Waals surface area contributed by atoms with Gasteiger partial charge in [0.2, 0.25) is 11.8 Å². The highest BCUT2D eigenvalue weighted by Gasteiger charge is 2.50. The zero-order chi connectivity index (χ0) is 18.4. The smallest absolute Gasteiger partial charge is 0.243 e. The van der Waals surface area contributed by atoms with E-state index >= 15 is 0 Å². The molecule has 3 saturated heterocycles. The summed E-state index contributed by atoms with van der Waals surface area (Å²) in [5, 5.41) is 6.62. The second-order valence-electron chi connectivity index (χ2n) is 7.96. The number of hydrogen-bond donors (Lipinski definition) is 2. The van der Waals surface area contributed by atoms with Crippen LogP contribution in [0.2, 0.25) is 0 Å². The standard InChI is InChI=1S/C20H24N4O2S/c25-17-6-2-5-16-13-7-14(9-21-8-13)18(24(16)17)20(26)22-10-12-3-1-4-15-19(12)27-11-23-15/h1,3-4,11,13-14,16,18,21H,2,5-10H2,(H,22,26)/t13-,14+,16+,18-/m1/s1. The van der Waals surface area contributed by atoms with Gasteiger partial charge in [0.15, 0.2) is 0 Å². The maximum Gasteiger partial charge on any atom is 0.243 e. The van der Waals surface area contributed by atoms with Gasteiger partial charge in [-0.25, -0.2) is 4.98 Å². The van der Waals surface area contributed by atoms with Crippen molar-refractivity contribution < 1.29 is 9.59 Å². The molecule has 4 heterocycles. The van der Waals surface area contributed by atoms with Crippen molar-refractivity contribution in [2.45, 2.75) is 44.3 Å². The molecule has 0 radical (unpaired) electrons. The van der Waals surface area contributed by atoms with Crippen molar-refractivity contribution in [2.24, 2.45) is 11.8 Å². The van der Waals surface area contributed by atoms with Crippen molar-refractivity contribution in [3.63, 3.8) is 0 Å². The molecule has 2 bridgehead atoms. The Morgan fingerprint density at radius 1 is 1.33 bits per heavy atom. The normalized spacial score (nSPS) is 30.2. The number of carbonyl (C=O) groups is 2. The highest BCUT2D eigenvalue weighted by molar-refractivity contribution is 7.16. The van der Waals surface area contributed by atoms with Crippen molar-refractivity contribution in [3.8, 4) is 0 Å². The van der Waals surface area contributed by atoms with Gasteiger partial charge in [-0.05, 0) is 43.4 Å². The quantitative estimate of drug-likeness (QED) is 0.848. The van der Waals surface area contributed by atoms with Crippen molar-refractivity contribution in [1.29, 1.82) is 0 Å². The SMILES string of the molecule is O=C(NCc1cccc2ncsc12)[C@H]1[C@@H]2CNC[C@@H](C2)[C@@H]2CCCC(=O)N21. The average Bonchev–Trinajstić information content (AvgIpc) is 3.17. The van der Waals surface area contributed by atoms with Crippen LogP contribution in [0.15, 0.2) is 23.7 Å². The first kappa shape index (κ1) is 17.1. The fourth-order valence-electron chi connectivity index (χ4n) is 5.22. The molecule has 142 valence electrons.